The molecule has 1 aliphatic heterocycles. The monoisotopic (exact) mass is 107 g/mol. The summed E-state index contributed by atoms with van der Waals surface area (Å²) in [6.45, 7) is 4.32. The zero-order valence-corrected chi connectivity index (χ0v) is 4.72. The predicted octanol–water partition coefficient (Wildman–Crippen LogP) is 0.821. The second-order valence-corrected chi connectivity index (χ2v) is 2.46. The Balaban J connectivity index is 2.13. The topological polar surface area (TPSA) is 12.0 Å². The Kier molecular flexibility index (Phi) is 0.908. The molecule has 1 aliphatic carbocycles. The first-order chi connectivity index (χ1) is 3.97. The smallest absolute Gasteiger partial charge is 0.0630 e. The van der Waals surface area contributed by atoms with Crippen LogP contribution >= 0.6 is 0 Å². The van der Waals surface area contributed by atoms with Crippen LogP contribution in [-0.4, -0.2) is 6.54 Å². The third-order valence-corrected chi connectivity index (χ3v) is 1.92. The Morgan fingerprint density at radius 3 is 3.50 bits per heavy atom. The van der Waals surface area contributed by atoms with Crippen molar-refractivity contribution in [3.63, 3.8) is 0 Å². The molecule has 1 fully saturated rings. The predicted molar refractivity (Wildman–Crippen MR) is 32.0 cm³/mol. The molecule has 0 aromatic carbocycles. The van der Waals surface area contributed by atoms with Crippen molar-refractivity contribution in [1.29, 1.82) is 0 Å². The first-order valence-corrected chi connectivity index (χ1v) is 3.12. The number of hydrogen-bond acceptors (Lipinski definition) is 1. The molecule has 0 aromatic heterocycles. The van der Waals surface area contributed by atoms with Gasteiger partial charge in [-0.3, -0.25) is 0 Å². The minimum atomic E-state index is 0.704. The first kappa shape index (κ1) is 4.57. The third kappa shape index (κ3) is 0.511. The summed E-state index contributed by atoms with van der Waals surface area (Å²) in [5.41, 5.74) is 0. The molecule has 1 heteroatoms. The summed E-state index contributed by atoms with van der Waals surface area (Å²) >= 11 is 0. The van der Waals surface area contributed by atoms with Crippen molar-refractivity contribution in [3.8, 4) is 0 Å². The van der Waals surface area contributed by atoms with E-state index in [9.17, 15) is 0 Å². The zero-order chi connectivity index (χ0) is 5.40. The van der Waals surface area contributed by atoms with Crippen molar-refractivity contribution in [1.82, 2.24) is 5.32 Å². The average Bonchev–Trinajstić information content (AvgIpc) is 2.15. The van der Waals surface area contributed by atoms with Crippen LogP contribution in [0.25, 0.3) is 0 Å². The molecular weight excluding hydrogens is 98.1 g/mol. The number of nitrogens with one attached hydrogen (secondary N) is 1. The van der Waals surface area contributed by atoms with Crippen molar-refractivity contribution < 1.29 is 0 Å². The van der Waals surface area contributed by atoms with Crippen LogP contribution in [0.3, 0.4) is 0 Å². The fourth-order valence-electron chi connectivity index (χ4n) is 1.39. The molecule has 1 N–H and O–H groups in total. The van der Waals surface area contributed by atoms with Gasteiger partial charge in [0.1, 0.15) is 0 Å². The molecule has 0 saturated carbocycles. The van der Waals surface area contributed by atoms with E-state index >= 15 is 0 Å². The van der Waals surface area contributed by atoms with Crippen LogP contribution < -0.4 is 5.32 Å². The molecular formula is C7H9N. The molecule has 8 heavy (non-hydrogen) atoms. The van der Waals surface area contributed by atoms with Gasteiger partial charge in [-0.1, -0.05) is 12.2 Å². The maximum atomic E-state index is 3.21. The Bertz CT molecular complexity index is 118. The van der Waals surface area contributed by atoms with E-state index in [2.05, 4.69) is 24.0 Å². The van der Waals surface area contributed by atoms with Crippen molar-refractivity contribution in [3.05, 3.63) is 18.7 Å². The molecule has 1 nitrogen and oxygen atoms in total. The van der Waals surface area contributed by atoms with Crippen LogP contribution in [-0.2, 0) is 0 Å². The average molecular weight is 107 g/mol. The summed E-state index contributed by atoms with van der Waals surface area (Å²) in [5.74, 6) is 1.48. The van der Waals surface area contributed by atoms with Crippen LogP contribution in [0.1, 0.15) is 6.42 Å². The summed E-state index contributed by atoms with van der Waals surface area (Å²) in [7, 11) is 0. The lowest BCUT2D eigenvalue weighted by Gasteiger charge is -2.01. The van der Waals surface area contributed by atoms with Crippen molar-refractivity contribution in [2.45, 2.75) is 6.42 Å². The molecule has 1 heterocycles. The molecule has 2 aliphatic rings. The highest BCUT2D eigenvalue weighted by Gasteiger charge is 2.27. The van der Waals surface area contributed by atoms with Gasteiger partial charge in [-0.2, -0.15) is 0 Å². The Hall–Kier alpha value is -0.300. The SMILES string of the molecule is [C]1NCC2C=CCC12. The van der Waals surface area contributed by atoms with Gasteiger partial charge in [-0.05, 0) is 18.3 Å². The summed E-state index contributed by atoms with van der Waals surface area (Å²) < 4.78 is 0. The molecule has 1 saturated heterocycles. The quantitative estimate of drug-likeness (QED) is 0.452. The standard InChI is InChI=1S/C7H9N/c1-2-6-4-8-5-7(6)3-1/h1-2,6-8H,3-4H2. The van der Waals surface area contributed by atoms with Gasteiger partial charge >= 0.3 is 0 Å². The van der Waals surface area contributed by atoms with Crippen molar-refractivity contribution in [2.24, 2.45) is 11.8 Å². The van der Waals surface area contributed by atoms with Gasteiger partial charge in [-0.15, -0.1) is 0 Å². The van der Waals surface area contributed by atoms with Crippen LogP contribution in [0.5, 0.6) is 0 Å². The molecule has 2 rings (SSSR count). The van der Waals surface area contributed by atoms with E-state index in [-0.39, 0.29) is 0 Å². The third-order valence-electron chi connectivity index (χ3n) is 1.92. The van der Waals surface area contributed by atoms with E-state index in [4.69, 9.17) is 0 Å². The van der Waals surface area contributed by atoms with Crippen LogP contribution in [0.2, 0.25) is 0 Å². The second kappa shape index (κ2) is 1.59. The minimum Gasteiger partial charge on any atom is -0.307 e. The number of allylic oxidation sites excluding steroid dienone is 1. The zero-order valence-electron chi connectivity index (χ0n) is 4.72. The summed E-state index contributed by atoms with van der Waals surface area (Å²) in [5, 5.41) is 3.12. The second-order valence-electron chi connectivity index (χ2n) is 2.46. The highest BCUT2D eigenvalue weighted by molar-refractivity contribution is 5.09. The molecule has 2 atom stereocenters. The van der Waals surface area contributed by atoms with Gasteiger partial charge in [0.15, 0.2) is 0 Å². The maximum absolute atomic E-state index is 3.21. The van der Waals surface area contributed by atoms with Gasteiger partial charge in [0.25, 0.3) is 0 Å². The summed E-state index contributed by atoms with van der Waals surface area (Å²) in [4.78, 5) is 0. The minimum absolute atomic E-state index is 0.704. The number of fused-ring (bicyclic) bond motifs is 1. The fourth-order valence-corrected chi connectivity index (χ4v) is 1.39. The molecule has 0 bridgehead atoms. The summed E-state index contributed by atoms with van der Waals surface area (Å²) in [6, 6.07) is 0. The lowest BCUT2D eigenvalue weighted by molar-refractivity contribution is 0.568. The molecule has 0 amide bonds. The normalized spacial score (nSPS) is 43.0. The highest BCUT2D eigenvalue weighted by Crippen LogP contribution is 2.29. The van der Waals surface area contributed by atoms with Gasteiger partial charge < -0.3 is 5.32 Å². The molecule has 0 aromatic rings. The van der Waals surface area contributed by atoms with E-state index < -0.39 is 0 Å². The van der Waals surface area contributed by atoms with E-state index in [0.29, 0.717) is 5.92 Å². The van der Waals surface area contributed by atoms with Gasteiger partial charge in [0.05, 0.1) is 6.54 Å². The molecule has 2 unspecified atom stereocenters. The van der Waals surface area contributed by atoms with Crippen LogP contribution in [0.15, 0.2) is 12.2 Å². The van der Waals surface area contributed by atoms with Crippen molar-refractivity contribution in [2.75, 3.05) is 6.54 Å². The Morgan fingerprint density at radius 2 is 2.62 bits per heavy atom. The lowest BCUT2D eigenvalue weighted by atomic mass is 10.0. The lowest BCUT2D eigenvalue weighted by Crippen LogP contribution is -2.04. The van der Waals surface area contributed by atoms with Gasteiger partial charge in [0.2, 0.25) is 0 Å². The van der Waals surface area contributed by atoms with Gasteiger partial charge in [0, 0.05) is 6.54 Å². The Morgan fingerprint density at radius 1 is 1.62 bits per heavy atom. The van der Waals surface area contributed by atoms with Gasteiger partial charge in [-0.25, -0.2) is 0 Å². The highest BCUT2D eigenvalue weighted by atomic mass is 14.9. The summed E-state index contributed by atoms with van der Waals surface area (Å²) in [6.07, 6.45) is 5.75. The molecule has 42 valence electrons. The van der Waals surface area contributed by atoms with Crippen LogP contribution in [0.4, 0.5) is 0 Å². The molecule has 2 radical (unpaired) electrons. The van der Waals surface area contributed by atoms with E-state index in [1.807, 2.05) is 0 Å². The number of rotatable bonds is 0. The van der Waals surface area contributed by atoms with E-state index in [0.717, 1.165) is 12.5 Å². The largest absolute Gasteiger partial charge is 0.307 e. The molecule has 0 spiro atoms. The fraction of sp³-hybridized carbons (Fsp3) is 0.571. The van der Waals surface area contributed by atoms with Crippen LogP contribution in [0, 0.1) is 18.4 Å². The van der Waals surface area contributed by atoms with Crippen molar-refractivity contribution >= 4 is 0 Å². The van der Waals surface area contributed by atoms with E-state index in [1.54, 1.807) is 0 Å². The first-order valence-electron chi connectivity index (χ1n) is 3.12. The van der Waals surface area contributed by atoms with E-state index in [1.165, 1.54) is 6.42 Å². The Labute approximate surface area is 49.8 Å². The maximum Gasteiger partial charge on any atom is 0.0630 e. The number of hydrogen-bond donors (Lipinski definition) is 1.